The molecule has 130 valence electrons. The van der Waals surface area contributed by atoms with Crippen molar-refractivity contribution in [2.45, 2.75) is 6.04 Å². The van der Waals surface area contributed by atoms with Gasteiger partial charge in [-0.1, -0.05) is 18.2 Å². The smallest absolute Gasteiger partial charge is 0.134 e. The molecule has 0 spiro atoms. The lowest BCUT2D eigenvalue weighted by Crippen LogP contribution is -2.36. The molecule has 2 saturated heterocycles. The largest absolute Gasteiger partial charge is 0.378 e. The van der Waals surface area contributed by atoms with Crippen LogP contribution >= 0.6 is 0 Å². The monoisotopic (exact) mass is 337 g/mol. The van der Waals surface area contributed by atoms with Crippen molar-refractivity contribution in [1.29, 1.82) is 0 Å². The lowest BCUT2D eigenvalue weighted by Gasteiger charge is -2.28. The van der Waals surface area contributed by atoms with E-state index in [1.807, 2.05) is 0 Å². The van der Waals surface area contributed by atoms with Gasteiger partial charge in [0.1, 0.15) is 18.0 Å². The van der Waals surface area contributed by atoms with Gasteiger partial charge in [0.25, 0.3) is 0 Å². The van der Waals surface area contributed by atoms with E-state index < -0.39 is 0 Å². The molecule has 0 amide bonds. The number of para-hydroxylation sites is 1. The summed E-state index contributed by atoms with van der Waals surface area (Å²) in [6.07, 6.45) is 1.67. The summed E-state index contributed by atoms with van der Waals surface area (Å²) < 4.78 is 5.42. The van der Waals surface area contributed by atoms with Crippen LogP contribution in [0.2, 0.25) is 0 Å². The maximum Gasteiger partial charge on any atom is 0.134 e. The van der Waals surface area contributed by atoms with Gasteiger partial charge < -0.3 is 19.9 Å². The number of fused-ring (bicyclic) bond motifs is 1. The zero-order valence-corrected chi connectivity index (χ0v) is 14.2. The third kappa shape index (κ3) is 2.91. The third-order valence-corrected chi connectivity index (χ3v) is 5.62. The number of piperidine rings is 1. The zero-order chi connectivity index (χ0) is 16.6. The lowest BCUT2D eigenvalue weighted by molar-refractivity contribution is 0.122. The summed E-state index contributed by atoms with van der Waals surface area (Å²) in [5.74, 6) is 3.39. The van der Waals surface area contributed by atoms with Gasteiger partial charge in [-0.25, -0.2) is 9.97 Å². The molecule has 3 aliphatic rings. The van der Waals surface area contributed by atoms with Crippen LogP contribution in [0.25, 0.3) is 0 Å². The van der Waals surface area contributed by atoms with Gasteiger partial charge in [0.2, 0.25) is 0 Å². The molecule has 2 unspecified atom stereocenters. The number of rotatable bonds is 4. The molecule has 3 heterocycles. The number of morpholine rings is 1. The van der Waals surface area contributed by atoms with Crippen molar-refractivity contribution in [3.8, 4) is 0 Å². The number of nitrogens with one attached hydrogen (secondary N) is 1. The maximum absolute atomic E-state index is 5.42. The third-order valence-electron chi connectivity index (χ3n) is 5.62. The Morgan fingerprint density at radius 3 is 2.48 bits per heavy atom. The standard InChI is InChI=1S/C19H23N5O/c1-2-4-14(5-3-1)24-11-15-16(12-24)19(15)22-17-10-18(21-13-20-17)23-6-8-25-9-7-23/h1-5,10,13,15-16,19H,6-9,11-12H2,(H,20,21,22). The Kier molecular flexibility index (Phi) is 3.70. The maximum atomic E-state index is 5.42. The van der Waals surface area contributed by atoms with Gasteiger partial charge >= 0.3 is 0 Å². The Morgan fingerprint density at radius 2 is 1.72 bits per heavy atom. The SMILES string of the molecule is c1ccc(N2CC3C(C2)C3Nc2cc(N3CCOCC3)ncn2)cc1. The first-order chi connectivity index (χ1) is 12.4. The minimum atomic E-state index is 0.549. The van der Waals surface area contributed by atoms with Crippen LogP contribution in [0.4, 0.5) is 17.3 Å². The molecule has 0 radical (unpaired) electrons. The second-order valence-corrected chi connectivity index (χ2v) is 7.10. The first-order valence-corrected chi connectivity index (χ1v) is 9.10. The van der Waals surface area contributed by atoms with Crippen molar-refractivity contribution in [2.24, 2.45) is 11.8 Å². The van der Waals surface area contributed by atoms with E-state index in [0.717, 1.165) is 62.9 Å². The van der Waals surface area contributed by atoms with Crippen molar-refractivity contribution >= 4 is 17.3 Å². The molecule has 6 nitrogen and oxygen atoms in total. The number of hydrogen-bond donors (Lipinski definition) is 1. The first-order valence-electron chi connectivity index (χ1n) is 9.10. The summed E-state index contributed by atoms with van der Waals surface area (Å²) in [6, 6.07) is 13.3. The summed E-state index contributed by atoms with van der Waals surface area (Å²) in [5, 5.41) is 3.63. The molecule has 2 aromatic rings. The highest BCUT2D eigenvalue weighted by Gasteiger charge is 2.56. The summed E-state index contributed by atoms with van der Waals surface area (Å²) in [7, 11) is 0. The van der Waals surface area contributed by atoms with Crippen molar-refractivity contribution < 1.29 is 4.74 Å². The molecule has 3 fully saturated rings. The van der Waals surface area contributed by atoms with Crippen molar-refractivity contribution in [1.82, 2.24) is 9.97 Å². The van der Waals surface area contributed by atoms with E-state index >= 15 is 0 Å². The number of benzene rings is 1. The number of hydrogen-bond acceptors (Lipinski definition) is 6. The molecular weight excluding hydrogens is 314 g/mol. The predicted molar refractivity (Wildman–Crippen MR) is 98.1 cm³/mol. The molecular formula is C19H23N5O. The molecule has 1 saturated carbocycles. The highest BCUT2D eigenvalue weighted by Crippen LogP contribution is 2.48. The molecule has 1 aromatic carbocycles. The number of nitrogens with zero attached hydrogens (tertiary/aromatic N) is 4. The Balaban J connectivity index is 1.21. The molecule has 6 heteroatoms. The van der Waals surface area contributed by atoms with E-state index in [9.17, 15) is 0 Å². The minimum absolute atomic E-state index is 0.549. The molecule has 2 atom stereocenters. The van der Waals surface area contributed by atoms with Gasteiger partial charge in [0, 0.05) is 55.8 Å². The summed E-state index contributed by atoms with van der Waals surface area (Å²) in [5.41, 5.74) is 1.34. The average molecular weight is 337 g/mol. The van der Waals surface area contributed by atoms with E-state index in [0.29, 0.717) is 6.04 Å². The molecule has 2 aliphatic heterocycles. The number of aromatic nitrogens is 2. The van der Waals surface area contributed by atoms with Crippen molar-refractivity contribution in [2.75, 3.05) is 54.5 Å². The molecule has 1 aromatic heterocycles. The fourth-order valence-corrected chi connectivity index (χ4v) is 4.15. The van der Waals surface area contributed by atoms with E-state index in [2.05, 4.69) is 61.5 Å². The molecule has 5 rings (SSSR count). The van der Waals surface area contributed by atoms with E-state index in [4.69, 9.17) is 4.74 Å². The van der Waals surface area contributed by atoms with Crippen LogP contribution in [0.1, 0.15) is 0 Å². The Labute approximate surface area is 147 Å². The second kappa shape index (κ2) is 6.19. The predicted octanol–water partition coefficient (Wildman–Crippen LogP) is 1.86. The van der Waals surface area contributed by atoms with E-state index in [1.54, 1.807) is 6.33 Å². The van der Waals surface area contributed by atoms with Crippen LogP contribution in [-0.2, 0) is 4.74 Å². The van der Waals surface area contributed by atoms with Gasteiger partial charge in [-0.15, -0.1) is 0 Å². The van der Waals surface area contributed by atoms with Crippen LogP contribution in [0.5, 0.6) is 0 Å². The number of ether oxygens (including phenoxy) is 1. The summed E-state index contributed by atoms with van der Waals surface area (Å²) in [4.78, 5) is 13.6. The van der Waals surface area contributed by atoms with E-state index in [-0.39, 0.29) is 0 Å². The fraction of sp³-hybridized carbons (Fsp3) is 0.474. The molecule has 0 bridgehead atoms. The Hall–Kier alpha value is -2.34. The van der Waals surface area contributed by atoms with Crippen molar-refractivity contribution in [3.63, 3.8) is 0 Å². The van der Waals surface area contributed by atoms with Crippen LogP contribution in [-0.4, -0.2) is 55.4 Å². The quantitative estimate of drug-likeness (QED) is 0.919. The average Bonchev–Trinajstić information content (AvgIpc) is 3.12. The summed E-state index contributed by atoms with van der Waals surface area (Å²) >= 11 is 0. The van der Waals surface area contributed by atoms with Gasteiger partial charge in [0.15, 0.2) is 0 Å². The molecule has 1 N–H and O–H groups in total. The van der Waals surface area contributed by atoms with Crippen molar-refractivity contribution in [3.05, 3.63) is 42.7 Å². The second-order valence-electron chi connectivity index (χ2n) is 7.10. The van der Waals surface area contributed by atoms with Gasteiger partial charge in [-0.2, -0.15) is 0 Å². The molecule has 1 aliphatic carbocycles. The summed E-state index contributed by atoms with van der Waals surface area (Å²) in [6.45, 7) is 5.61. The van der Waals surface area contributed by atoms with Crippen LogP contribution < -0.4 is 15.1 Å². The zero-order valence-electron chi connectivity index (χ0n) is 14.2. The van der Waals surface area contributed by atoms with Gasteiger partial charge in [-0.3, -0.25) is 0 Å². The highest BCUT2D eigenvalue weighted by atomic mass is 16.5. The first kappa shape index (κ1) is 15.0. The highest BCUT2D eigenvalue weighted by molar-refractivity contribution is 5.53. The Morgan fingerprint density at radius 1 is 0.960 bits per heavy atom. The molecule has 25 heavy (non-hydrogen) atoms. The van der Waals surface area contributed by atoms with Gasteiger partial charge in [0.05, 0.1) is 13.2 Å². The number of anilines is 3. The van der Waals surface area contributed by atoms with Crippen LogP contribution in [0.15, 0.2) is 42.7 Å². The Bertz CT molecular complexity index is 722. The fourth-order valence-electron chi connectivity index (χ4n) is 4.15. The van der Waals surface area contributed by atoms with Crippen LogP contribution in [0.3, 0.4) is 0 Å². The van der Waals surface area contributed by atoms with Gasteiger partial charge in [-0.05, 0) is 12.1 Å². The lowest BCUT2D eigenvalue weighted by atomic mass is 10.2. The normalized spacial score (nSPS) is 27.9. The van der Waals surface area contributed by atoms with E-state index in [1.165, 1.54) is 5.69 Å². The minimum Gasteiger partial charge on any atom is -0.378 e. The topological polar surface area (TPSA) is 53.5 Å². The van der Waals surface area contributed by atoms with Crippen LogP contribution in [0, 0.1) is 11.8 Å².